The number of nitrogens with one attached hydrogen (secondary N) is 2. The molecule has 4 aromatic rings. The van der Waals surface area contributed by atoms with Crippen LogP contribution in [-0.2, 0) is 0 Å². The van der Waals surface area contributed by atoms with Crippen molar-refractivity contribution in [1.82, 2.24) is 29.7 Å². The first-order valence-electron chi connectivity index (χ1n) is 10.6. The zero-order valence-corrected chi connectivity index (χ0v) is 18.8. The summed E-state index contributed by atoms with van der Waals surface area (Å²) in [6, 6.07) is 5.86. The molecule has 5 rings (SSSR count). The van der Waals surface area contributed by atoms with Crippen LogP contribution in [0.15, 0.2) is 43.0 Å². The Balaban J connectivity index is 0.00000245. The SMILES string of the molecule is CC(C)Oc1cc2nn(C3CCNCC3)cc2cc1C(=O)Nc1cnn2cccnc12.Cl. The maximum Gasteiger partial charge on any atom is 0.259 e. The number of anilines is 1. The Morgan fingerprint density at radius 3 is 2.88 bits per heavy atom. The second-order valence-corrected chi connectivity index (χ2v) is 8.06. The lowest BCUT2D eigenvalue weighted by atomic mass is 10.1. The van der Waals surface area contributed by atoms with E-state index >= 15 is 0 Å². The van der Waals surface area contributed by atoms with Crippen LogP contribution in [0.25, 0.3) is 16.6 Å². The van der Waals surface area contributed by atoms with Gasteiger partial charge in [0.05, 0.1) is 29.4 Å². The van der Waals surface area contributed by atoms with E-state index in [4.69, 9.17) is 9.84 Å². The Morgan fingerprint density at radius 2 is 2.09 bits per heavy atom. The van der Waals surface area contributed by atoms with E-state index in [0.717, 1.165) is 36.8 Å². The number of amides is 1. The normalized spacial score (nSPS) is 14.6. The summed E-state index contributed by atoms with van der Waals surface area (Å²) >= 11 is 0. The molecule has 2 N–H and O–H groups in total. The third kappa shape index (κ3) is 4.26. The highest BCUT2D eigenvalue weighted by Gasteiger charge is 2.21. The van der Waals surface area contributed by atoms with E-state index in [-0.39, 0.29) is 24.4 Å². The van der Waals surface area contributed by atoms with Gasteiger partial charge in [-0.2, -0.15) is 10.2 Å². The number of carbonyl (C=O) groups is 1. The number of rotatable bonds is 5. The summed E-state index contributed by atoms with van der Waals surface area (Å²) in [5.74, 6) is 0.243. The van der Waals surface area contributed by atoms with Crippen molar-refractivity contribution < 1.29 is 9.53 Å². The smallest absolute Gasteiger partial charge is 0.259 e. The first-order chi connectivity index (χ1) is 15.1. The first kappa shape index (κ1) is 22.0. The molecule has 10 heteroatoms. The van der Waals surface area contributed by atoms with Gasteiger partial charge >= 0.3 is 0 Å². The molecular formula is C22H26ClN7O2. The molecule has 1 fully saturated rings. The van der Waals surface area contributed by atoms with Crippen LogP contribution in [0.5, 0.6) is 5.75 Å². The van der Waals surface area contributed by atoms with Crippen molar-refractivity contribution in [3.63, 3.8) is 0 Å². The van der Waals surface area contributed by atoms with Gasteiger partial charge in [0, 0.05) is 30.0 Å². The van der Waals surface area contributed by atoms with E-state index in [0.29, 0.717) is 28.7 Å². The number of carbonyl (C=O) groups excluding carboxylic acids is 1. The van der Waals surface area contributed by atoms with Crippen molar-refractivity contribution in [3.05, 3.63) is 48.5 Å². The highest BCUT2D eigenvalue weighted by molar-refractivity contribution is 6.09. The molecule has 32 heavy (non-hydrogen) atoms. The van der Waals surface area contributed by atoms with Gasteiger partial charge in [0.25, 0.3) is 5.91 Å². The highest BCUT2D eigenvalue weighted by Crippen LogP contribution is 2.29. The predicted molar refractivity (Wildman–Crippen MR) is 125 cm³/mol. The Labute approximate surface area is 191 Å². The van der Waals surface area contributed by atoms with E-state index < -0.39 is 0 Å². The molecule has 0 atom stereocenters. The molecule has 0 bridgehead atoms. The molecule has 0 unspecified atom stereocenters. The lowest BCUT2D eigenvalue weighted by Gasteiger charge is -2.22. The van der Waals surface area contributed by atoms with Gasteiger partial charge in [-0.15, -0.1) is 12.4 Å². The van der Waals surface area contributed by atoms with Gasteiger partial charge < -0.3 is 15.4 Å². The Kier molecular flexibility index (Phi) is 6.29. The average molecular weight is 456 g/mol. The van der Waals surface area contributed by atoms with Crippen molar-refractivity contribution in [2.24, 2.45) is 0 Å². The van der Waals surface area contributed by atoms with E-state index in [2.05, 4.69) is 20.7 Å². The van der Waals surface area contributed by atoms with Crippen LogP contribution < -0.4 is 15.4 Å². The molecule has 0 spiro atoms. The largest absolute Gasteiger partial charge is 0.490 e. The number of nitrogens with zero attached hydrogens (tertiary/aromatic N) is 5. The monoisotopic (exact) mass is 455 g/mol. The third-order valence-corrected chi connectivity index (χ3v) is 5.44. The lowest BCUT2D eigenvalue weighted by Crippen LogP contribution is -2.29. The van der Waals surface area contributed by atoms with Gasteiger partial charge in [-0.1, -0.05) is 0 Å². The molecule has 1 amide bonds. The van der Waals surface area contributed by atoms with Crippen molar-refractivity contribution in [3.8, 4) is 5.75 Å². The third-order valence-electron chi connectivity index (χ3n) is 5.44. The quantitative estimate of drug-likeness (QED) is 0.478. The van der Waals surface area contributed by atoms with Gasteiger partial charge in [0.1, 0.15) is 11.4 Å². The van der Waals surface area contributed by atoms with Crippen LogP contribution in [0, 0.1) is 0 Å². The van der Waals surface area contributed by atoms with Crippen molar-refractivity contribution in [1.29, 1.82) is 0 Å². The molecule has 4 heterocycles. The van der Waals surface area contributed by atoms with Gasteiger partial charge in [-0.25, -0.2) is 9.50 Å². The number of halogens is 1. The molecular weight excluding hydrogens is 430 g/mol. The zero-order valence-electron chi connectivity index (χ0n) is 18.0. The fourth-order valence-electron chi connectivity index (χ4n) is 3.96. The van der Waals surface area contributed by atoms with E-state index in [9.17, 15) is 4.79 Å². The summed E-state index contributed by atoms with van der Waals surface area (Å²) in [4.78, 5) is 17.5. The van der Waals surface area contributed by atoms with Gasteiger partial charge in [-0.05, 0) is 51.9 Å². The minimum absolute atomic E-state index is 0. The number of aromatic nitrogens is 5. The van der Waals surface area contributed by atoms with Crippen LogP contribution in [-0.4, -0.2) is 49.5 Å². The van der Waals surface area contributed by atoms with Crippen LogP contribution in [0.1, 0.15) is 43.1 Å². The molecule has 1 aromatic carbocycles. The number of hydrogen-bond donors (Lipinski definition) is 2. The molecule has 0 saturated carbocycles. The van der Waals surface area contributed by atoms with Crippen LogP contribution >= 0.6 is 12.4 Å². The molecule has 9 nitrogen and oxygen atoms in total. The van der Waals surface area contributed by atoms with Crippen molar-refractivity contribution >= 4 is 40.6 Å². The summed E-state index contributed by atoms with van der Waals surface area (Å²) in [6.45, 7) is 5.86. The second kappa shape index (κ2) is 9.13. The maximum atomic E-state index is 13.2. The molecule has 0 radical (unpaired) electrons. The van der Waals surface area contributed by atoms with Gasteiger partial charge in [0.2, 0.25) is 0 Å². The maximum absolute atomic E-state index is 13.2. The molecule has 168 valence electrons. The molecule has 0 aliphatic carbocycles. The standard InChI is InChI=1S/C22H25N7O2.ClH/c1-14(2)31-20-11-18-15(13-29(27-18)16-4-7-23-8-5-16)10-17(20)22(30)26-19-12-25-28-9-3-6-24-21(19)28;/h3,6,9-14,16,23H,4-5,7-8H2,1-2H3,(H,26,30);1H. The minimum atomic E-state index is -0.271. The lowest BCUT2D eigenvalue weighted by molar-refractivity contribution is 0.102. The minimum Gasteiger partial charge on any atom is -0.490 e. The summed E-state index contributed by atoms with van der Waals surface area (Å²) in [6.07, 6.45) is 9.08. The predicted octanol–water partition coefficient (Wildman–Crippen LogP) is 3.46. The average Bonchev–Trinajstić information content (AvgIpc) is 3.37. The molecule has 1 aliphatic rings. The number of hydrogen-bond acceptors (Lipinski definition) is 6. The Bertz CT molecular complexity index is 1240. The summed E-state index contributed by atoms with van der Waals surface area (Å²) in [5, 5.41) is 16.2. The van der Waals surface area contributed by atoms with Crippen molar-refractivity contribution in [2.45, 2.75) is 38.8 Å². The van der Waals surface area contributed by atoms with E-state index in [1.807, 2.05) is 36.9 Å². The topological polar surface area (TPSA) is 98.4 Å². The Morgan fingerprint density at radius 1 is 1.28 bits per heavy atom. The number of fused-ring (bicyclic) bond motifs is 2. The summed E-state index contributed by atoms with van der Waals surface area (Å²) < 4.78 is 9.63. The highest BCUT2D eigenvalue weighted by atomic mass is 35.5. The second-order valence-electron chi connectivity index (χ2n) is 8.06. The fourth-order valence-corrected chi connectivity index (χ4v) is 3.96. The molecule has 1 aliphatic heterocycles. The molecule has 3 aromatic heterocycles. The van der Waals surface area contributed by atoms with Crippen LogP contribution in [0.2, 0.25) is 0 Å². The number of piperidine rings is 1. The first-order valence-corrected chi connectivity index (χ1v) is 10.6. The molecule has 1 saturated heterocycles. The Hall–Kier alpha value is -3.17. The zero-order chi connectivity index (χ0) is 21.4. The van der Waals surface area contributed by atoms with E-state index in [1.54, 1.807) is 29.2 Å². The summed E-state index contributed by atoms with van der Waals surface area (Å²) in [7, 11) is 0. The summed E-state index contributed by atoms with van der Waals surface area (Å²) in [5.41, 5.74) is 2.42. The van der Waals surface area contributed by atoms with E-state index in [1.165, 1.54) is 0 Å². The van der Waals surface area contributed by atoms with Crippen LogP contribution in [0.4, 0.5) is 5.69 Å². The fraction of sp³-hybridized carbons (Fsp3) is 0.364. The number of benzene rings is 1. The van der Waals surface area contributed by atoms with Gasteiger partial charge in [-0.3, -0.25) is 9.48 Å². The van der Waals surface area contributed by atoms with Crippen molar-refractivity contribution in [2.75, 3.05) is 18.4 Å². The van der Waals surface area contributed by atoms with Crippen LogP contribution in [0.3, 0.4) is 0 Å². The van der Waals surface area contributed by atoms with Gasteiger partial charge in [0.15, 0.2) is 5.65 Å². The number of ether oxygens (including phenoxy) is 1.